The van der Waals surface area contributed by atoms with Crippen LogP contribution in [0.1, 0.15) is 12.8 Å². The zero-order chi connectivity index (χ0) is 12.4. The normalized spacial score (nSPS) is 17.1. The molecule has 8 heteroatoms. The van der Waals surface area contributed by atoms with Crippen LogP contribution in [0.4, 0.5) is 10.1 Å². The molecule has 1 N–H and O–H groups in total. The summed E-state index contributed by atoms with van der Waals surface area (Å²) in [6.45, 7) is 1.17. The van der Waals surface area contributed by atoms with Crippen LogP contribution in [0.3, 0.4) is 0 Å². The summed E-state index contributed by atoms with van der Waals surface area (Å²) in [6, 6.07) is 0. The van der Waals surface area contributed by atoms with Crippen LogP contribution in [0.2, 0.25) is 0 Å². The molecular formula is C9H11N3O4S. The predicted molar refractivity (Wildman–Crippen MR) is 61.3 cm³/mol. The summed E-state index contributed by atoms with van der Waals surface area (Å²) in [4.78, 5) is 26.7. The lowest BCUT2D eigenvalue weighted by molar-refractivity contribution is -0.380. The number of rotatable bonds is 3. The van der Waals surface area contributed by atoms with Crippen molar-refractivity contribution < 1.29 is 14.8 Å². The number of carbonyl (C=O) groups is 1. The first-order chi connectivity index (χ1) is 8.08. The molecule has 0 amide bonds. The van der Waals surface area contributed by atoms with Crippen molar-refractivity contribution in [1.82, 2.24) is 4.98 Å². The number of hydrogen-bond donors (Lipinski definition) is 1. The van der Waals surface area contributed by atoms with Gasteiger partial charge in [0.15, 0.2) is 5.13 Å². The number of nitro groups is 1. The van der Waals surface area contributed by atoms with Crippen molar-refractivity contribution in [3.05, 3.63) is 16.3 Å². The van der Waals surface area contributed by atoms with Crippen LogP contribution in [0, 0.1) is 16.0 Å². The number of thiazole rings is 1. The number of aliphatic carboxylic acids is 1. The predicted octanol–water partition coefficient (Wildman–Crippen LogP) is 1.35. The molecule has 92 valence electrons. The van der Waals surface area contributed by atoms with Crippen LogP contribution in [0.15, 0.2) is 6.20 Å². The third-order valence-corrected chi connectivity index (χ3v) is 3.79. The second kappa shape index (κ2) is 4.66. The van der Waals surface area contributed by atoms with Crippen molar-refractivity contribution in [3.8, 4) is 0 Å². The summed E-state index contributed by atoms with van der Waals surface area (Å²) < 4.78 is 0. The topological polar surface area (TPSA) is 96.6 Å². The molecule has 0 atom stereocenters. The largest absolute Gasteiger partial charge is 0.481 e. The molecule has 0 saturated carbocycles. The van der Waals surface area contributed by atoms with E-state index in [9.17, 15) is 14.9 Å². The van der Waals surface area contributed by atoms with Crippen LogP contribution in [-0.4, -0.2) is 34.1 Å². The molecule has 17 heavy (non-hydrogen) atoms. The van der Waals surface area contributed by atoms with E-state index in [-0.39, 0.29) is 10.9 Å². The average Bonchev–Trinajstić information content (AvgIpc) is 2.78. The highest BCUT2D eigenvalue weighted by molar-refractivity contribution is 7.18. The maximum Gasteiger partial charge on any atom is 0.345 e. The Hall–Kier alpha value is -1.70. The van der Waals surface area contributed by atoms with Crippen molar-refractivity contribution >= 4 is 27.4 Å². The second-order valence-electron chi connectivity index (χ2n) is 3.84. The average molecular weight is 257 g/mol. The number of hydrogen-bond acceptors (Lipinski definition) is 6. The van der Waals surface area contributed by atoms with Gasteiger partial charge in [-0.25, -0.2) is 4.98 Å². The van der Waals surface area contributed by atoms with Gasteiger partial charge in [0.05, 0.1) is 10.8 Å². The molecule has 1 aromatic heterocycles. The van der Waals surface area contributed by atoms with E-state index in [0.717, 1.165) is 11.3 Å². The van der Waals surface area contributed by atoms with E-state index in [0.29, 0.717) is 31.1 Å². The fourth-order valence-corrected chi connectivity index (χ4v) is 2.59. The lowest BCUT2D eigenvalue weighted by Gasteiger charge is -2.29. The molecule has 0 unspecified atom stereocenters. The Bertz CT molecular complexity index is 439. The van der Waals surface area contributed by atoms with Crippen LogP contribution in [-0.2, 0) is 4.79 Å². The van der Waals surface area contributed by atoms with E-state index < -0.39 is 10.9 Å². The molecule has 1 aliphatic rings. The van der Waals surface area contributed by atoms with E-state index in [4.69, 9.17) is 5.11 Å². The van der Waals surface area contributed by atoms with Crippen LogP contribution in [0.5, 0.6) is 0 Å². The lowest BCUT2D eigenvalue weighted by atomic mass is 9.98. The quantitative estimate of drug-likeness (QED) is 0.648. The summed E-state index contributed by atoms with van der Waals surface area (Å²) in [5.74, 6) is -1.07. The summed E-state index contributed by atoms with van der Waals surface area (Å²) in [6.07, 6.45) is 2.36. The molecule has 1 aliphatic heterocycles. The number of carboxylic acids is 1. The maximum absolute atomic E-state index is 10.8. The van der Waals surface area contributed by atoms with E-state index >= 15 is 0 Å². The van der Waals surface area contributed by atoms with Gasteiger partial charge in [-0.2, -0.15) is 0 Å². The van der Waals surface area contributed by atoms with Crippen molar-refractivity contribution in [2.24, 2.45) is 5.92 Å². The molecule has 1 saturated heterocycles. The molecule has 0 bridgehead atoms. The standard InChI is InChI=1S/C9H11N3O4S/c13-8(14)6-1-3-11(4-2-6)9-10-5-7(17-9)12(15)16/h5-6H,1-4H2,(H,13,14). The molecule has 1 fully saturated rings. The Kier molecular flexibility index (Phi) is 3.23. The highest BCUT2D eigenvalue weighted by Gasteiger charge is 2.26. The third kappa shape index (κ3) is 2.52. The SMILES string of the molecule is O=C(O)C1CCN(c2ncc([N+](=O)[O-])s2)CC1. The number of aromatic nitrogens is 1. The van der Waals surface area contributed by atoms with Gasteiger partial charge in [-0.15, -0.1) is 0 Å². The van der Waals surface area contributed by atoms with Crippen molar-refractivity contribution in [1.29, 1.82) is 0 Å². The summed E-state index contributed by atoms with van der Waals surface area (Å²) in [5, 5.41) is 20.0. The highest BCUT2D eigenvalue weighted by atomic mass is 32.1. The smallest absolute Gasteiger partial charge is 0.345 e. The van der Waals surface area contributed by atoms with Gasteiger partial charge in [0, 0.05) is 13.1 Å². The first-order valence-corrected chi connectivity index (χ1v) is 5.97. The van der Waals surface area contributed by atoms with Crippen molar-refractivity contribution in [2.45, 2.75) is 12.8 Å². The third-order valence-electron chi connectivity index (χ3n) is 2.78. The molecule has 2 rings (SSSR count). The van der Waals surface area contributed by atoms with Gasteiger partial charge in [-0.3, -0.25) is 14.9 Å². The summed E-state index contributed by atoms with van der Waals surface area (Å²) in [5.41, 5.74) is 0. The summed E-state index contributed by atoms with van der Waals surface area (Å²) >= 11 is 1.03. The minimum Gasteiger partial charge on any atom is -0.481 e. The van der Waals surface area contributed by atoms with E-state index in [1.165, 1.54) is 6.20 Å². The Morgan fingerprint density at radius 1 is 1.59 bits per heavy atom. The van der Waals surface area contributed by atoms with Gasteiger partial charge >= 0.3 is 11.0 Å². The fraction of sp³-hybridized carbons (Fsp3) is 0.556. The van der Waals surface area contributed by atoms with Crippen LogP contribution < -0.4 is 4.90 Å². The molecule has 7 nitrogen and oxygen atoms in total. The molecule has 0 aliphatic carbocycles. The molecule has 2 heterocycles. The zero-order valence-electron chi connectivity index (χ0n) is 8.90. The maximum atomic E-state index is 10.8. The van der Waals surface area contributed by atoms with E-state index in [1.807, 2.05) is 4.90 Å². The van der Waals surface area contributed by atoms with Crippen LogP contribution >= 0.6 is 11.3 Å². The minimum atomic E-state index is -0.769. The lowest BCUT2D eigenvalue weighted by Crippen LogP contribution is -2.36. The first-order valence-electron chi connectivity index (χ1n) is 5.16. The molecule has 0 aromatic carbocycles. The van der Waals surface area contributed by atoms with Gasteiger partial charge in [0.25, 0.3) is 0 Å². The molecule has 1 aromatic rings. The Balaban J connectivity index is 2.00. The van der Waals surface area contributed by atoms with Crippen LogP contribution in [0.25, 0.3) is 0 Å². The minimum absolute atomic E-state index is 0.0142. The number of anilines is 1. The first kappa shape index (κ1) is 11.8. The van der Waals surface area contributed by atoms with E-state index in [1.54, 1.807) is 0 Å². The molecule has 0 radical (unpaired) electrons. The van der Waals surface area contributed by atoms with E-state index in [2.05, 4.69) is 4.98 Å². The molecule has 0 spiro atoms. The number of piperidine rings is 1. The van der Waals surface area contributed by atoms with Gasteiger partial charge in [-0.05, 0) is 24.2 Å². The number of nitrogens with zero attached hydrogens (tertiary/aromatic N) is 3. The van der Waals surface area contributed by atoms with Gasteiger partial charge in [0.2, 0.25) is 0 Å². The highest BCUT2D eigenvalue weighted by Crippen LogP contribution is 2.31. The van der Waals surface area contributed by atoms with Crippen molar-refractivity contribution in [2.75, 3.05) is 18.0 Å². The van der Waals surface area contributed by atoms with Crippen molar-refractivity contribution in [3.63, 3.8) is 0 Å². The monoisotopic (exact) mass is 257 g/mol. The fourth-order valence-electron chi connectivity index (χ4n) is 1.81. The number of carboxylic acid groups (broad SMARTS) is 1. The van der Waals surface area contributed by atoms with Gasteiger partial charge < -0.3 is 10.0 Å². The Labute approximate surface area is 101 Å². The van der Waals surface area contributed by atoms with Gasteiger partial charge in [0.1, 0.15) is 6.20 Å². The summed E-state index contributed by atoms with van der Waals surface area (Å²) in [7, 11) is 0. The zero-order valence-corrected chi connectivity index (χ0v) is 9.72. The molecular weight excluding hydrogens is 246 g/mol. The van der Waals surface area contributed by atoms with Gasteiger partial charge in [-0.1, -0.05) is 0 Å². The Morgan fingerprint density at radius 2 is 2.24 bits per heavy atom. The Morgan fingerprint density at radius 3 is 2.71 bits per heavy atom. The second-order valence-corrected chi connectivity index (χ2v) is 4.83.